The van der Waals surface area contributed by atoms with Crippen LogP contribution >= 0.6 is 27.5 Å². The van der Waals surface area contributed by atoms with Crippen LogP contribution in [0.3, 0.4) is 0 Å². The van der Waals surface area contributed by atoms with Crippen LogP contribution in [0.25, 0.3) is 0 Å². The number of amides is 2. The Morgan fingerprint density at radius 1 is 0.956 bits per heavy atom. The number of likely N-dealkylation sites (tertiary alicyclic amines) is 2. The number of unbranched alkanes of at least 4 members (excludes halogenated alkanes) is 1. The molecule has 0 radical (unpaired) electrons. The number of piperidine rings is 2. The van der Waals surface area contributed by atoms with Crippen molar-refractivity contribution < 1.29 is 9.59 Å². The highest BCUT2D eigenvalue weighted by atomic mass is 79.9. The van der Waals surface area contributed by atoms with Crippen molar-refractivity contribution in [3.63, 3.8) is 0 Å². The van der Waals surface area contributed by atoms with Crippen molar-refractivity contribution in [2.24, 2.45) is 5.92 Å². The van der Waals surface area contributed by atoms with Crippen molar-refractivity contribution in [2.45, 2.75) is 96.2 Å². The number of piperazine rings is 1. The average molecular weight is 699 g/mol. The molecule has 0 saturated carbocycles. The van der Waals surface area contributed by atoms with Crippen molar-refractivity contribution >= 4 is 39.3 Å². The third-order valence-electron chi connectivity index (χ3n) is 10.9. The van der Waals surface area contributed by atoms with Crippen LogP contribution < -0.4 is 0 Å². The number of hydrogen-bond donors (Lipinski definition) is 0. The topological polar surface area (TPSA) is 60.0 Å². The number of nitrogens with zero attached hydrogens (tertiary/aromatic N) is 5. The molecule has 9 heteroatoms. The summed E-state index contributed by atoms with van der Waals surface area (Å²) >= 11 is 10.1. The molecule has 2 aromatic rings. The van der Waals surface area contributed by atoms with E-state index in [-0.39, 0.29) is 11.9 Å². The molecule has 6 rings (SSSR count). The second kappa shape index (κ2) is 14.8. The van der Waals surface area contributed by atoms with Crippen LogP contribution in [0.2, 0.25) is 5.02 Å². The lowest BCUT2D eigenvalue weighted by molar-refractivity contribution is -0.138. The molecule has 7 nitrogen and oxygen atoms in total. The zero-order chi connectivity index (χ0) is 31.5. The van der Waals surface area contributed by atoms with Crippen molar-refractivity contribution in [1.82, 2.24) is 24.6 Å². The number of hydrogen-bond acceptors (Lipinski definition) is 5. The summed E-state index contributed by atoms with van der Waals surface area (Å²) in [5, 5.41) is 0.805. The Morgan fingerprint density at radius 2 is 1.71 bits per heavy atom. The minimum atomic E-state index is 0.151. The summed E-state index contributed by atoms with van der Waals surface area (Å²) in [6.07, 6.45) is 12.1. The van der Waals surface area contributed by atoms with E-state index in [1.165, 1.54) is 22.4 Å². The number of aromatic nitrogens is 1. The van der Waals surface area contributed by atoms with Gasteiger partial charge in [0.05, 0.1) is 11.7 Å². The molecule has 3 aliphatic heterocycles. The van der Waals surface area contributed by atoms with Gasteiger partial charge >= 0.3 is 0 Å². The Balaban J connectivity index is 1.10. The highest BCUT2D eigenvalue weighted by Crippen LogP contribution is 2.39. The number of carbonyl (C=O) groups is 2. The number of rotatable bonds is 7. The average Bonchev–Trinajstić information content (AvgIpc) is 3.20. The predicted molar refractivity (Wildman–Crippen MR) is 183 cm³/mol. The molecular weight excluding hydrogens is 650 g/mol. The first-order chi connectivity index (χ1) is 21.8. The summed E-state index contributed by atoms with van der Waals surface area (Å²) in [5.74, 6) is 0.880. The lowest BCUT2D eigenvalue weighted by atomic mass is 9.91. The van der Waals surface area contributed by atoms with Crippen LogP contribution in [0.5, 0.6) is 0 Å². The Morgan fingerprint density at radius 3 is 2.44 bits per heavy atom. The van der Waals surface area contributed by atoms with Gasteiger partial charge in [-0.3, -0.25) is 24.4 Å². The van der Waals surface area contributed by atoms with Crippen LogP contribution in [0.15, 0.2) is 34.9 Å². The molecule has 2 amide bonds. The van der Waals surface area contributed by atoms with Crippen LogP contribution in [0.1, 0.15) is 93.6 Å². The van der Waals surface area contributed by atoms with E-state index in [9.17, 15) is 9.59 Å². The van der Waals surface area contributed by atoms with Gasteiger partial charge in [-0.25, -0.2) is 0 Å². The van der Waals surface area contributed by atoms with Crippen LogP contribution in [0, 0.1) is 5.92 Å². The minimum Gasteiger partial charge on any atom is -0.343 e. The summed E-state index contributed by atoms with van der Waals surface area (Å²) in [6, 6.07) is 9.68. The molecule has 0 bridgehead atoms. The summed E-state index contributed by atoms with van der Waals surface area (Å²) < 4.78 is 1.04. The second-order valence-electron chi connectivity index (χ2n) is 13.7. The van der Waals surface area contributed by atoms with E-state index in [0.29, 0.717) is 30.3 Å². The first-order valence-electron chi connectivity index (χ1n) is 17.3. The van der Waals surface area contributed by atoms with E-state index < -0.39 is 0 Å². The molecule has 3 fully saturated rings. The number of carbonyl (C=O) groups excluding carboxylic acids is 2. The van der Waals surface area contributed by atoms with Gasteiger partial charge in [0, 0.05) is 86.9 Å². The lowest BCUT2D eigenvalue weighted by Gasteiger charge is -2.48. The molecule has 244 valence electrons. The summed E-state index contributed by atoms with van der Waals surface area (Å²) in [6.45, 7) is 10.3. The molecule has 3 saturated heterocycles. The molecule has 1 aromatic heterocycles. The van der Waals surface area contributed by atoms with Gasteiger partial charge in [0.25, 0.3) is 0 Å². The first-order valence-corrected chi connectivity index (χ1v) is 18.4. The second-order valence-corrected chi connectivity index (χ2v) is 15.1. The third kappa shape index (κ3) is 7.61. The summed E-state index contributed by atoms with van der Waals surface area (Å²) in [7, 11) is 0. The maximum atomic E-state index is 13.6. The molecule has 4 heterocycles. The van der Waals surface area contributed by atoms with E-state index in [0.717, 1.165) is 113 Å². The van der Waals surface area contributed by atoms with Gasteiger partial charge in [-0.2, -0.15) is 0 Å². The summed E-state index contributed by atoms with van der Waals surface area (Å²) in [4.78, 5) is 39.9. The Kier molecular flexibility index (Phi) is 10.8. The molecule has 2 atom stereocenters. The van der Waals surface area contributed by atoms with Crippen molar-refractivity contribution in [1.29, 1.82) is 0 Å². The number of pyridine rings is 1. The van der Waals surface area contributed by atoms with Gasteiger partial charge in [0.1, 0.15) is 0 Å². The lowest BCUT2D eigenvalue weighted by Crippen LogP contribution is -2.59. The molecule has 4 aliphatic rings. The van der Waals surface area contributed by atoms with Gasteiger partial charge in [-0.05, 0) is 102 Å². The van der Waals surface area contributed by atoms with Crippen molar-refractivity contribution in [3.8, 4) is 0 Å². The number of halogens is 2. The highest BCUT2D eigenvalue weighted by Gasteiger charge is 2.38. The SMILES string of the molecule is CCCC[C@H]1CN(C2CCN(C3c4ccc(Cl)cc4CCc4cc(Br)cnc43)CC2)CCN1C(=O)CC1CCN(C(C)=O)CC1. The van der Waals surface area contributed by atoms with Gasteiger partial charge < -0.3 is 9.80 Å². The fourth-order valence-electron chi connectivity index (χ4n) is 8.33. The molecular formula is C36H49BrClN5O2. The highest BCUT2D eigenvalue weighted by molar-refractivity contribution is 9.10. The van der Waals surface area contributed by atoms with E-state index in [1.54, 1.807) is 6.92 Å². The van der Waals surface area contributed by atoms with Gasteiger partial charge in [-0.1, -0.05) is 37.4 Å². The fourth-order valence-corrected chi connectivity index (χ4v) is 8.91. The van der Waals surface area contributed by atoms with Crippen LogP contribution in [-0.2, 0) is 22.4 Å². The predicted octanol–water partition coefficient (Wildman–Crippen LogP) is 6.50. The number of aryl methyl sites for hydroxylation is 2. The van der Waals surface area contributed by atoms with E-state index in [1.807, 2.05) is 17.2 Å². The Labute approximate surface area is 282 Å². The maximum Gasteiger partial charge on any atom is 0.223 e. The maximum absolute atomic E-state index is 13.6. The monoisotopic (exact) mass is 697 g/mol. The van der Waals surface area contributed by atoms with Gasteiger partial charge in [0.15, 0.2) is 0 Å². The molecule has 45 heavy (non-hydrogen) atoms. The van der Waals surface area contributed by atoms with Crippen molar-refractivity contribution in [3.05, 3.63) is 62.3 Å². The normalized spacial score (nSPS) is 23.8. The van der Waals surface area contributed by atoms with E-state index >= 15 is 0 Å². The first kappa shape index (κ1) is 32.9. The zero-order valence-corrected chi connectivity index (χ0v) is 29.4. The van der Waals surface area contributed by atoms with Crippen LogP contribution in [0.4, 0.5) is 0 Å². The number of benzene rings is 1. The number of fused-ring (bicyclic) bond motifs is 2. The van der Waals surface area contributed by atoms with Crippen molar-refractivity contribution in [2.75, 3.05) is 45.8 Å². The van der Waals surface area contributed by atoms with Gasteiger partial charge in [0.2, 0.25) is 11.8 Å². The zero-order valence-electron chi connectivity index (χ0n) is 27.0. The third-order valence-corrected chi connectivity index (χ3v) is 11.6. The summed E-state index contributed by atoms with van der Waals surface area (Å²) in [5.41, 5.74) is 5.21. The quantitative estimate of drug-likeness (QED) is 0.331. The van der Waals surface area contributed by atoms with Gasteiger partial charge in [-0.15, -0.1) is 0 Å². The largest absolute Gasteiger partial charge is 0.343 e. The van der Waals surface area contributed by atoms with E-state index in [2.05, 4.69) is 55.8 Å². The Hall–Kier alpha value is -2.00. The smallest absolute Gasteiger partial charge is 0.223 e. The molecule has 1 aliphatic carbocycles. The Bertz CT molecular complexity index is 1300. The molecule has 1 unspecified atom stereocenters. The molecule has 0 N–H and O–H groups in total. The molecule has 0 spiro atoms. The minimum absolute atomic E-state index is 0.151. The van der Waals surface area contributed by atoms with E-state index in [4.69, 9.17) is 16.6 Å². The van der Waals surface area contributed by atoms with Crippen LogP contribution in [-0.4, -0.2) is 94.3 Å². The molecule has 1 aromatic carbocycles. The standard InChI is InChI=1S/C36H49BrClN5O2/c1-3-4-5-32-24-42(18-19-43(32)34(45)20-26-10-14-40(15-11-26)25(2)44)31-12-16-41(17-13-31)36-33-9-8-30(38)22-27(33)6-7-28-21-29(37)23-39-35(28)36/h8-9,21-23,26,31-32,36H,3-7,10-20,24H2,1-2H3/t32-,36?/m0/s1. The fraction of sp³-hybridized carbons (Fsp3) is 0.639.